The van der Waals surface area contributed by atoms with Gasteiger partial charge in [-0.05, 0) is 12.1 Å². The van der Waals surface area contributed by atoms with Crippen LogP contribution < -0.4 is 4.72 Å². The molecule has 0 heterocycles. The lowest BCUT2D eigenvalue weighted by Crippen LogP contribution is -2.55. The van der Waals surface area contributed by atoms with Crippen molar-refractivity contribution in [2.45, 2.75) is 23.2 Å². The van der Waals surface area contributed by atoms with Crippen LogP contribution in [0, 0.1) is 5.82 Å². The summed E-state index contributed by atoms with van der Waals surface area (Å²) in [4.78, 5) is 9.23. The lowest BCUT2D eigenvalue weighted by atomic mass is 10.2. The van der Waals surface area contributed by atoms with Crippen LogP contribution in [-0.2, 0) is 14.8 Å². The molecule has 0 fully saturated rings. The van der Waals surface area contributed by atoms with Gasteiger partial charge in [-0.2, -0.15) is 17.9 Å². The Bertz CT molecular complexity index is 678. The molecule has 0 radical (unpaired) electrons. The van der Waals surface area contributed by atoms with Crippen LogP contribution in [0.3, 0.4) is 0 Å². The van der Waals surface area contributed by atoms with Crippen molar-refractivity contribution >= 4 is 27.6 Å². The van der Waals surface area contributed by atoms with Gasteiger partial charge in [-0.15, -0.1) is 0 Å². The first-order valence-corrected chi connectivity index (χ1v) is 7.18. The number of halogens is 5. The first kappa shape index (κ1) is 18.6. The van der Waals surface area contributed by atoms with E-state index < -0.39 is 50.1 Å². The topological polar surface area (TPSA) is 104 Å². The van der Waals surface area contributed by atoms with Crippen LogP contribution in [0.1, 0.15) is 0 Å². The van der Waals surface area contributed by atoms with Crippen LogP contribution in [-0.4, -0.2) is 42.9 Å². The monoisotopic (exact) mass is 365 g/mol. The number of aliphatic hydroxyl groups excluding tert-OH is 1. The van der Waals surface area contributed by atoms with E-state index in [1.54, 1.807) is 0 Å². The van der Waals surface area contributed by atoms with Crippen molar-refractivity contribution in [2.24, 2.45) is 0 Å². The van der Waals surface area contributed by atoms with Gasteiger partial charge < -0.3 is 10.2 Å². The summed E-state index contributed by atoms with van der Waals surface area (Å²) in [6.07, 6.45) is -8.54. The number of aliphatic carboxylic acids is 1. The Morgan fingerprint density at radius 2 is 1.86 bits per heavy atom. The Labute approximate surface area is 126 Å². The molecule has 1 rings (SSSR count). The van der Waals surface area contributed by atoms with E-state index in [9.17, 15) is 30.8 Å². The number of benzene rings is 1. The lowest BCUT2D eigenvalue weighted by Gasteiger charge is -2.23. The Hall–Kier alpha value is -1.43. The molecule has 0 aliphatic carbocycles. The van der Waals surface area contributed by atoms with E-state index in [1.807, 2.05) is 0 Å². The third kappa shape index (κ3) is 4.06. The third-order valence-corrected chi connectivity index (χ3v) is 4.16. The number of carboxylic acids is 1. The van der Waals surface area contributed by atoms with E-state index in [2.05, 4.69) is 0 Å². The van der Waals surface area contributed by atoms with Crippen molar-refractivity contribution in [3.63, 3.8) is 0 Å². The average Bonchev–Trinajstić information content (AvgIpc) is 2.36. The van der Waals surface area contributed by atoms with Crippen molar-refractivity contribution < 1.29 is 41.0 Å². The summed E-state index contributed by atoms with van der Waals surface area (Å²) < 4.78 is 76.1. The predicted octanol–water partition coefficient (Wildman–Crippen LogP) is 1.13. The van der Waals surface area contributed by atoms with E-state index >= 15 is 0 Å². The van der Waals surface area contributed by atoms with Crippen LogP contribution in [0.4, 0.5) is 17.6 Å². The minimum absolute atomic E-state index is 0.629. The summed E-state index contributed by atoms with van der Waals surface area (Å²) in [5.74, 6) is -3.82. The molecule has 6 nitrogen and oxygen atoms in total. The summed E-state index contributed by atoms with van der Waals surface area (Å²) in [7, 11) is -5.13. The van der Waals surface area contributed by atoms with E-state index in [4.69, 9.17) is 21.8 Å². The van der Waals surface area contributed by atoms with Crippen LogP contribution in [0.5, 0.6) is 0 Å². The molecule has 0 spiro atoms. The average molecular weight is 366 g/mol. The molecule has 3 N–H and O–H groups in total. The first-order chi connectivity index (χ1) is 9.88. The third-order valence-electron chi connectivity index (χ3n) is 2.41. The number of nitrogens with one attached hydrogen (secondary N) is 1. The number of hydrogen-bond donors (Lipinski definition) is 3. The SMILES string of the molecule is O=C(O)[C@H](O)[C@H](NS(=O)(=O)c1cccc(Cl)c1F)C(F)(F)F. The molecule has 124 valence electrons. The molecule has 2 atom stereocenters. The molecule has 0 aromatic heterocycles. The predicted molar refractivity (Wildman–Crippen MR) is 65.2 cm³/mol. The Balaban J connectivity index is 3.27. The van der Waals surface area contributed by atoms with Gasteiger partial charge in [0.1, 0.15) is 4.90 Å². The first-order valence-electron chi connectivity index (χ1n) is 5.32. The fraction of sp³-hybridized carbons (Fsp3) is 0.300. The second-order valence-corrected chi connectivity index (χ2v) is 6.07. The van der Waals surface area contributed by atoms with Gasteiger partial charge in [-0.3, -0.25) is 0 Å². The zero-order valence-electron chi connectivity index (χ0n) is 10.3. The van der Waals surface area contributed by atoms with Gasteiger partial charge in [-0.25, -0.2) is 17.6 Å². The van der Waals surface area contributed by atoms with E-state index in [-0.39, 0.29) is 0 Å². The Morgan fingerprint density at radius 1 is 1.32 bits per heavy atom. The Morgan fingerprint density at radius 3 is 2.32 bits per heavy atom. The fourth-order valence-corrected chi connectivity index (χ4v) is 2.93. The van der Waals surface area contributed by atoms with E-state index in [1.165, 1.54) is 0 Å². The maximum atomic E-state index is 13.6. The smallest absolute Gasteiger partial charge is 0.408 e. The molecule has 22 heavy (non-hydrogen) atoms. The molecule has 0 bridgehead atoms. The molecule has 0 amide bonds. The highest BCUT2D eigenvalue weighted by atomic mass is 35.5. The number of carbonyl (C=O) groups is 1. The molecular weight excluding hydrogens is 358 g/mol. The Kier molecular flexibility index (Phi) is 5.38. The van der Waals surface area contributed by atoms with Crippen molar-refractivity contribution in [3.05, 3.63) is 29.0 Å². The van der Waals surface area contributed by atoms with Crippen LogP contribution in [0.15, 0.2) is 23.1 Å². The highest BCUT2D eigenvalue weighted by Crippen LogP contribution is 2.27. The van der Waals surface area contributed by atoms with E-state index in [0.717, 1.165) is 16.9 Å². The van der Waals surface area contributed by atoms with Crippen LogP contribution in [0.2, 0.25) is 5.02 Å². The van der Waals surface area contributed by atoms with Crippen molar-refractivity contribution in [1.82, 2.24) is 4.72 Å². The highest BCUT2D eigenvalue weighted by Gasteiger charge is 2.49. The van der Waals surface area contributed by atoms with Gasteiger partial charge in [-0.1, -0.05) is 17.7 Å². The molecule has 0 saturated carbocycles. The zero-order chi connectivity index (χ0) is 17.3. The summed E-state index contributed by atoms with van der Waals surface area (Å²) in [6.45, 7) is 0. The maximum absolute atomic E-state index is 13.6. The number of hydrogen-bond acceptors (Lipinski definition) is 4. The molecule has 0 aliphatic heterocycles. The quantitative estimate of drug-likeness (QED) is 0.679. The van der Waals surface area contributed by atoms with E-state index in [0.29, 0.717) is 6.07 Å². The minimum Gasteiger partial charge on any atom is -0.479 e. The normalized spacial score (nSPS) is 15.4. The van der Waals surface area contributed by atoms with Gasteiger partial charge in [0.15, 0.2) is 18.0 Å². The number of alkyl halides is 3. The van der Waals surface area contributed by atoms with Gasteiger partial charge in [0.05, 0.1) is 5.02 Å². The number of aliphatic hydroxyl groups is 1. The van der Waals surface area contributed by atoms with Crippen LogP contribution >= 0.6 is 11.6 Å². The molecule has 1 aromatic rings. The van der Waals surface area contributed by atoms with Gasteiger partial charge in [0.25, 0.3) is 0 Å². The molecule has 0 unspecified atom stereocenters. The lowest BCUT2D eigenvalue weighted by molar-refractivity contribution is -0.185. The highest BCUT2D eigenvalue weighted by molar-refractivity contribution is 7.89. The van der Waals surface area contributed by atoms with Crippen molar-refractivity contribution in [2.75, 3.05) is 0 Å². The van der Waals surface area contributed by atoms with Gasteiger partial charge in [0.2, 0.25) is 10.0 Å². The largest absolute Gasteiger partial charge is 0.479 e. The summed E-state index contributed by atoms with van der Waals surface area (Å²) in [6, 6.07) is -0.808. The molecule has 0 aliphatic rings. The second kappa shape index (κ2) is 6.36. The molecular formula is C10H8ClF4NO5S. The standard InChI is InChI=1S/C10H8ClF4NO5S/c11-4-2-1-3-5(6(4)12)22(20,21)16-8(10(13,14)15)7(17)9(18)19/h1-3,7-8,16-17H,(H,18,19)/t7-,8+/m1/s1. The zero-order valence-corrected chi connectivity index (χ0v) is 11.9. The fourth-order valence-electron chi connectivity index (χ4n) is 1.38. The molecule has 0 saturated heterocycles. The van der Waals surface area contributed by atoms with Gasteiger partial charge >= 0.3 is 12.1 Å². The summed E-state index contributed by atoms with van der Waals surface area (Å²) >= 11 is 5.33. The number of rotatable bonds is 5. The van der Waals surface area contributed by atoms with Gasteiger partial charge in [0, 0.05) is 0 Å². The number of carboxylic acid groups (broad SMARTS) is 1. The molecule has 1 aromatic carbocycles. The second-order valence-electron chi connectivity index (χ2n) is 3.98. The number of sulfonamides is 1. The minimum atomic E-state index is -5.43. The molecule has 12 heteroatoms. The van der Waals surface area contributed by atoms with Crippen LogP contribution in [0.25, 0.3) is 0 Å². The van der Waals surface area contributed by atoms with Crippen molar-refractivity contribution in [1.29, 1.82) is 0 Å². The van der Waals surface area contributed by atoms with Crippen molar-refractivity contribution in [3.8, 4) is 0 Å². The summed E-state index contributed by atoms with van der Waals surface area (Å²) in [5.41, 5.74) is 0. The summed E-state index contributed by atoms with van der Waals surface area (Å²) in [5, 5.41) is 16.7. The maximum Gasteiger partial charge on any atom is 0.408 e.